The molecule has 2 rings (SSSR count). The van der Waals surface area contributed by atoms with E-state index in [1.54, 1.807) is 30.2 Å². The number of carbonyl (C=O) groups excluding carboxylic acids is 1. The van der Waals surface area contributed by atoms with Gasteiger partial charge in [0.1, 0.15) is 0 Å². The van der Waals surface area contributed by atoms with Crippen LogP contribution < -0.4 is 5.73 Å². The Balaban J connectivity index is 1.99. The number of hydrogen-bond acceptors (Lipinski definition) is 5. The van der Waals surface area contributed by atoms with Crippen molar-refractivity contribution in [1.82, 2.24) is 4.98 Å². The number of thioether (sulfide) groups is 2. The second-order valence-electron chi connectivity index (χ2n) is 3.65. The fourth-order valence-corrected chi connectivity index (χ4v) is 4.21. The monoisotopic (exact) mass is 254 g/mol. The third kappa shape index (κ3) is 2.92. The molecule has 1 atom stereocenters. The number of nitrogens with two attached hydrogens (primary N) is 1. The van der Waals surface area contributed by atoms with Crippen LogP contribution in [0.2, 0.25) is 0 Å². The Hall–Kier alpha value is -0.680. The Kier molecular flexibility index (Phi) is 4.12. The van der Waals surface area contributed by atoms with Gasteiger partial charge in [0.25, 0.3) is 0 Å². The Bertz CT molecular complexity index is 378. The van der Waals surface area contributed by atoms with Crippen molar-refractivity contribution in [2.45, 2.75) is 11.7 Å². The molecule has 0 bridgehead atoms. The first-order chi connectivity index (χ1) is 7.77. The van der Waals surface area contributed by atoms with Crippen LogP contribution in [0.4, 0.5) is 5.69 Å². The second kappa shape index (κ2) is 5.59. The molecule has 16 heavy (non-hydrogen) atoms. The molecule has 0 saturated carbocycles. The number of rotatable bonds is 3. The topological polar surface area (TPSA) is 56.0 Å². The lowest BCUT2D eigenvalue weighted by atomic mass is 10.1. The van der Waals surface area contributed by atoms with Crippen LogP contribution in [0.3, 0.4) is 0 Å². The van der Waals surface area contributed by atoms with E-state index in [2.05, 4.69) is 4.98 Å². The van der Waals surface area contributed by atoms with Crippen LogP contribution in [0.1, 0.15) is 5.56 Å². The summed E-state index contributed by atoms with van der Waals surface area (Å²) in [4.78, 5) is 16.0. The zero-order valence-corrected chi connectivity index (χ0v) is 10.5. The fraction of sp³-hybridized carbons (Fsp3) is 0.455. The summed E-state index contributed by atoms with van der Waals surface area (Å²) in [5, 5.41) is 0.137. The molecule has 86 valence electrons. The van der Waals surface area contributed by atoms with Crippen molar-refractivity contribution in [1.29, 1.82) is 0 Å². The number of pyridine rings is 1. The van der Waals surface area contributed by atoms with Gasteiger partial charge in [0.2, 0.25) is 0 Å². The van der Waals surface area contributed by atoms with Crippen molar-refractivity contribution in [3.63, 3.8) is 0 Å². The number of nitrogen functional groups attached to an aromatic ring is 1. The largest absolute Gasteiger partial charge is 0.398 e. The average Bonchev–Trinajstić information content (AvgIpc) is 2.33. The van der Waals surface area contributed by atoms with E-state index in [9.17, 15) is 4.79 Å². The quantitative estimate of drug-likeness (QED) is 0.888. The Labute approximate surface area is 104 Å². The smallest absolute Gasteiger partial charge is 0.151 e. The predicted molar refractivity (Wildman–Crippen MR) is 70.9 cm³/mol. The number of anilines is 1. The highest BCUT2D eigenvalue weighted by Gasteiger charge is 2.22. The van der Waals surface area contributed by atoms with Gasteiger partial charge in [-0.2, -0.15) is 11.8 Å². The van der Waals surface area contributed by atoms with Crippen molar-refractivity contribution in [2.75, 3.05) is 23.0 Å². The Morgan fingerprint density at radius 2 is 2.44 bits per heavy atom. The number of Topliss-reactive ketones (excluding diaryl/α,β-unsaturated/α-hetero) is 1. The molecule has 2 N–H and O–H groups in total. The third-order valence-electron chi connectivity index (χ3n) is 2.48. The zero-order chi connectivity index (χ0) is 11.4. The van der Waals surface area contributed by atoms with Crippen LogP contribution in [0.5, 0.6) is 0 Å². The minimum atomic E-state index is 0.137. The van der Waals surface area contributed by atoms with Crippen LogP contribution >= 0.6 is 23.5 Å². The number of hydrogen-bond donors (Lipinski definition) is 1. The number of carbonyl (C=O) groups is 1. The van der Waals surface area contributed by atoms with E-state index < -0.39 is 0 Å². The standard InChI is InChI=1S/C11H14N2OS2/c12-9-1-2-13-6-8(9)5-10(14)11-7-15-3-4-16-11/h1-2,6,11H,3-5,7H2,(H2,12,13). The molecule has 5 heteroatoms. The minimum Gasteiger partial charge on any atom is -0.398 e. The number of nitrogens with zero attached hydrogens (tertiary/aromatic N) is 1. The summed E-state index contributed by atoms with van der Waals surface area (Å²) in [7, 11) is 0. The van der Waals surface area contributed by atoms with Crippen LogP contribution in [0.15, 0.2) is 18.5 Å². The first-order valence-electron chi connectivity index (χ1n) is 5.18. The molecule has 0 radical (unpaired) electrons. The maximum Gasteiger partial charge on any atom is 0.151 e. The molecule has 0 amide bonds. The molecule has 1 aromatic rings. The minimum absolute atomic E-state index is 0.137. The normalized spacial score (nSPS) is 20.6. The van der Waals surface area contributed by atoms with Crippen molar-refractivity contribution < 1.29 is 4.79 Å². The summed E-state index contributed by atoms with van der Waals surface area (Å²) < 4.78 is 0. The molecule has 0 spiro atoms. The summed E-state index contributed by atoms with van der Waals surface area (Å²) in [5.74, 6) is 3.44. The first kappa shape index (κ1) is 11.8. The van der Waals surface area contributed by atoms with Crippen LogP contribution in [-0.4, -0.2) is 33.3 Å². The number of ketones is 1. The van der Waals surface area contributed by atoms with Crippen LogP contribution in [0.25, 0.3) is 0 Å². The van der Waals surface area contributed by atoms with Crippen molar-refractivity contribution in [3.05, 3.63) is 24.0 Å². The van der Waals surface area contributed by atoms with Crippen LogP contribution in [0, 0.1) is 0 Å². The van der Waals surface area contributed by atoms with Gasteiger partial charge in [-0.05, 0) is 6.07 Å². The molecular formula is C11H14N2OS2. The van der Waals surface area contributed by atoms with Gasteiger partial charge in [-0.25, -0.2) is 0 Å². The van der Waals surface area contributed by atoms with Gasteiger partial charge in [0.15, 0.2) is 5.78 Å². The van der Waals surface area contributed by atoms with Gasteiger partial charge >= 0.3 is 0 Å². The molecule has 1 unspecified atom stereocenters. The molecule has 1 fully saturated rings. The molecule has 1 aromatic heterocycles. The Morgan fingerprint density at radius 1 is 1.56 bits per heavy atom. The SMILES string of the molecule is Nc1ccncc1CC(=O)C1CSCCS1. The van der Waals surface area contributed by atoms with Gasteiger partial charge in [-0.3, -0.25) is 9.78 Å². The van der Waals surface area contributed by atoms with E-state index in [1.807, 2.05) is 11.8 Å². The highest BCUT2D eigenvalue weighted by atomic mass is 32.2. The molecule has 1 saturated heterocycles. The predicted octanol–water partition coefficient (Wildman–Crippen LogP) is 1.62. The molecule has 0 aromatic carbocycles. The fourth-order valence-electron chi connectivity index (χ4n) is 1.56. The van der Waals surface area contributed by atoms with Crippen LogP contribution in [-0.2, 0) is 11.2 Å². The molecular weight excluding hydrogens is 240 g/mol. The lowest BCUT2D eigenvalue weighted by Crippen LogP contribution is -2.26. The molecule has 2 heterocycles. The Morgan fingerprint density at radius 3 is 3.12 bits per heavy atom. The van der Waals surface area contributed by atoms with Gasteiger partial charge < -0.3 is 5.73 Å². The van der Waals surface area contributed by atoms with Gasteiger partial charge in [-0.15, -0.1) is 11.8 Å². The summed E-state index contributed by atoms with van der Waals surface area (Å²) in [6.07, 6.45) is 3.75. The van der Waals surface area contributed by atoms with E-state index in [0.717, 1.165) is 22.8 Å². The van der Waals surface area contributed by atoms with Crippen molar-refractivity contribution >= 4 is 35.0 Å². The molecule has 0 aliphatic carbocycles. The third-order valence-corrected chi connectivity index (χ3v) is 5.28. The van der Waals surface area contributed by atoms with E-state index >= 15 is 0 Å². The summed E-state index contributed by atoms with van der Waals surface area (Å²) in [5.41, 5.74) is 7.31. The van der Waals surface area contributed by atoms with Gasteiger partial charge in [0, 0.05) is 47.3 Å². The lowest BCUT2D eigenvalue weighted by molar-refractivity contribution is -0.117. The second-order valence-corrected chi connectivity index (χ2v) is 6.11. The molecule has 1 aliphatic heterocycles. The van der Waals surface area contributed by atoms with Gasteiger partial charge in [-0.1, -0.05) is 0 Å². The summed E-state index contributed by atoms with van der Waals surface area (Å²) in [6, 6.07) is 1.74. The number of aromatic nitrogens is 1. The van der Waals surface area contributed by atoms with E-state index in [0.29, 0.717) is 12.1 Å². The van der Waals surface area contributed by atoms with E-state index in [4.69, 9.17) is 5.73 Å². The highest BCUT2D eigenvalue weighted by molar-refractivity contribution is 8.07. The highest BCUT2D eigenvalue weighted by Crippen LogP contribution is 2.26. The van der Waals surface area contributed by atoms with E-state index in [1.165, 1.54) is 0 Å². The molecule has 1 aliphatic rings. The van der Waals surface area contributed by atoms with Crippen molar-refractivity contribution in [2.24, 2.45) is 0 Å². The summed E-state index contributed by atoms with van der Waals surface area (Å²) in [6.45, 7) is 0. The first-order valence-corrected chi connectivity index (χ1v) is 7.38. The zero-order valence-electron chi connectivity index (χ0n) is 8.89. The van der Waals surface area contributed by atoms with Crippen molar-refractivity contribution in [3.8, 4) is 0 Å². The maximum absolute atomic E-state index is 12.0. The summed E-state index contributed by atoms with van der Waals surface area (Å²) >= 11 is 3.62. The van der Waals surface area contributed by atoms with E-state index in [-0.39, 0.29) is 11.0 Å². The van der Waals surface area contributed by atoms with Gasteiger partial charge in [0.05, 0.1) is 5.25 Å². The lowest BCUT2D eigenvalue weighted by Gasteiger charge is -2.19. The molecule has 3 nitrogen and oxygen atoms in total. The maximum atomic E-state index is 12.0. The average molecular weight is 254 g/mol.